The molecule has 0 bridgehead atoms. The summed E-state index contributed by atoms with van der Waals surface area (Å²) in [5.41, 5.74) is 1.34. The first-order valence-electron chi connectivity index (χ1n) is 6.19. The van der Waals surface area contributed by atoms with Crippen LogP contribution < -0.4 is 10.2 Å². The first kappa shape index (κ1) is 13.4. The fourth-order valence-corrected chi connectivity index (χ4v) is 2.02. The largest absolute Gasteiger partial charge is 0.498 e. The summed E-state index contributed by atoms with van der Waals surface area (Å²) in [5, 5.41) is 0. The van der Waals surface area contributed by atoms with E-state index in [1.165, 1.54) is 0 Å². The molecule has 1 heterocycles. The van der Waals surface area contributed by atoms with E-state index in [2.05, 4.69) is 6.07 Å². The van der Waals surface area contributed by atoms with E-state index in [9.17, 15) is 0 Å². The molecule has 0 unspecified atom stereocenters. The van der Waals surface area contributed by atoms with E-state index in [1.807, 2.05) is 46.8 Å². The Morgan fingerprint density at radius 1 is 1.11 bits per heavy atom. The van der Waals surface area contributed by atoms with Gasteiger partial charge in [0.2, 0.25) is 0 Å². The van der Waals surface area contributed by atoms with E-state index in [1.54, 1.807) is 7.11 Å². The van der Waals surface area contributed by atoms with Crippen molar-refractivity contribution >= 4 is 12.6 Å². The van der Waals surface area contributed by atoms with Crippen LogP contribution in [0.5, 0.6) is 5.75 Å². The van der Waals surface area contributed by atoms with Crippen LogP contribution >= 0.6 is 0 Å². The van der Waals surface area contributed by atoms with E-state index in [0.717, 1.165) is 16.8 Å². The molecule has 2 rings (SSSR count). The molecule has 1 aromatic carbocycles. The summed E-state index contributed by atoms with van der Waals surface area (Å²) in [6.07, 6.45) is 0. The lowest BCUT2D eigenvalue weighted by atomic mass is 9.75. The van der Waals surface area contributed by atoms with Crippen molar-refractivity contribution < 1.29 is 14.0 Å². The average molecular weight is 247 g/mol. The van der Waals surface area contributed by atoms with Crippen molar-refractivity contribution in [1.29, 1.82) is 0 Å². The van der Waals surface area contributed by atoms with Gasteiger partial charge in [-0.3, -0.25) is 0 Å². The number of hydrogen-bond acceptors (Lipinski definition) is 3. The van der Waals surface area contributed by atoms with Crippen molar-refractivity contribution in [3.8, 4) is 5.75 Å². The Morgan fingerprint density at radius 3 is 2.17 bits per heavy atom. The molecule has 3 nitrogen and oxygen atoms in total. The smallest absolute Gasteiger partial charge is 0.497 e. The van der Waals surface area contributed by atoms with E-state index in [4.69, 9.17) is 14.0 Å². The molecule has 4 heteroatoms. The van der Waals surface area contributed by atoms with Crippen LogP contribution in [0.2, 0.25) is 0 Å². The Bertz CT molecular complexity index is 438. The molecule has 0 atom stereocenters. The van der Waals surface area contributed by atoms with Crippen molar-refractivity contribution in [2.75, 3.05) is 7.11 Å². The summed E-state index contributed by atoms with van der Waals surface area (Å²) < 4.78 is 17.5. The highest BCUT2D eigenvalue weighted by molar-refractivity contribution is 6.63. The quantitative estimate of drug-likeness (QED) is 0.749. The summed E-state index contributed by atoms with van der Waals surface area (Å²) >= 11 is 0. The molecule has 1 saturated heterocycles. The van der Waals surface area contributed by atoms with Crippen molar-refractivity contribution in [3.05, 3.63) is 23.8 Å². The lowest BCUT2D eigenvalue weighted by Crippen LogP contribution is -2.41. The van der Waals surface area contributed by atoms with Crippen molar-refractivity contribution in [1.82, 2.24) is 0 Å². The number of benzene rings is 1. The number of ether oxygens (including phenoxy) is 1. The normalized spacial score (nSPS) is 21.1. The number of methoxy groups -OCH3 is 1. The zero-order valence-electron chi connectivity index (χ0n) is 12.0. The minimum absolute atomic E-state index is 0.339. The van der Waals surface area contributed by atoms with Crippen LogP contribution in [0.3, 0.4) is 0 Å². The predicted octanol–water partition coefficient (Wildman–Crippen LogP) is 2.10. The molecule has 0 spiro atoms. The van der Waals surface area contributed by atoms with Crippen LogP contribution in [0, 0.1) is 13.0 Å². The lowest BCUT2D eigenvalue weighted by Gasteiger charge is -2.32. The molecular formula is C14H20BO3. The molecular weight excluding hydrogens is 227 g/mol. The van der Waals surface area contributed by atoms with Crippen LogP contribution in [0.1, 0.15) is 33.3 Å². The molecule has 0 saturated carbocycles. The molecule has 1 aliphatic rings. The van der Waals surface area contributed by atoms with Gasteiger partial charge in [0.05, 0.1) is 18.3 Å². The van der Waals surface area contributed by atoms with Gasteiger partial charge < -0.3 is 14.0 Å². The van der Waals surface area contributed by atoms with Crippen molar-refractivity contribution in [2.45, 2.75) is 45.8 Å². The van der Waals surface area contributed by atoms with Gasteiger partial charge in [-0.25, -0.2) is 0 Å². The molecule has 0 aromatic heterocycles. The highest BCUT2D eigenvalue weighted by Crippen LogP contribution is 2.37. The van der Waals surface area contributed by atoms with Crippen LogP contribution in [0.15, 0.2) is 12.1 Å². The molecule has 1 aliphatic heterocycles. The SMILES string of the molecule is COc1c[c]cc(C)c1B1OC(C)(C)C(C)(C)O1. The topological polar surface area (TPSA) is 27.7 Å². The Hall–Kier alpha value is -0.995. The maximum Gasteiger partial charge on any atom is 0.498 e. The first-order chi connectivity index (χ1) is 8.28. The molecule has 97 valence electrons. The van der Waals surface area contributed by atoms with Gasteiger partial charge in [-0.1, -0.05) is 6.07 Å². The second-order valence-corrected chi connectivity index (χ2v) is 5.71. The highest BCUT2D eigenvalue weighted by Gasteiger charge is 2.52. The van der Waals surface area contributed by atoms with E-state index >= 15 is 0 Å². The van der Waals surface area contributed by atoms with E-state index in [0.29, 0.717) is 0 Å². The van der Waals surface area contributed by atoms with Gasteiger partial charge in [0.15, 0.2) is 0 Å². The molecule has 0 aliphatic carbocycles. The fraction of sp³-hybridized carbons (Fsp3) is 0.571. The van der Waals surface area contributed by atoms with Gasteiger partial charge >= 0.3 is 7.12 Å². The fourth-order valence-electron chi connectivity index (χ4n) is 2.02. The summed E-state index contributed by atoms with van der Waals surface area (Å²) in [6.45, 7) is 10.2. The van der Waals surface area contributed by atoms with Crippen LogP contribution in [-0.2, 0) is 9.31 Å². The predicted molar refractivity (Wildman–Crippen MR) is 72.3 cm³/mol. The standard InChI is InChI=1S/C14H20BO3/c1-10-8-7-9-11(16-6)12(10)15-17-13(2,3)14(4,5)18-15/h8-9H,1-6H3. The molecule has 1 radical (unpaired) electrons. The Morgan fingerprint density at radius 2 is 1.67 bits per heavy atom. The average Bonchev–Trinajstić information content (AvgIpc) is 2.47. The highest BCUT2D eigenvalue weighted by atomic mass is 16.7. The second-order valence-electron chi connectivity index (χ2n) is 5.71. The Balaban J connectivity index is 2.41. The van der Waals surface area contributed by atoms with Gasteiger partial charge in [0, 0.05) is 5.46 Å². The third-order valence-electron chi connectivity index (χ3n) is 3.91. The number of rotatable bonds is 2. The van der Waals surface area contributed by atoms with Gasteiger partial charge in [-0.2, -0.15) is 0 Å². The first-order valence-corrected chi connectivity index (χ1v) is 6.19. The summed E-state index contributed by atoms with van der Waals surface area (Å²) in [7, 11) is 1.26. The van der Waals surface area contributed by atoms with Gasteiger partial charge in [-0.05, 0) is 52.3 Å². The molecule has 18 heavy (non-hydrogen) atoms. The molecule has 0 N–H and O–H groups in total. The van der Waals surface area contributed by atoms with E-state index < -0.39 is 0 Å². The van der Waals surface area contributed by atoms with Crippen molar-refractivity contribution in [3.63, 3.8) is 0 Å². The van der Waals surface area contributed by atoms with Gasteiger partial charge in [0.25, 0.3) is 0 Å². The monoisotopic (exact) mass is 247 g/mol. The third kappa shape index (κ3) is 2.04. The number of hydrogen-bond donors (Lipinski definition) is 0. The molecule has 1 fully saturated rings. The Kier molecular flexibility index (Phi) is 3.20. The Labute approximate surface area is 110 Å². The lowest BCUT2D eigenvalue weighted by molar-refractivity contribution is 0.00578. The summed E-state index contributed by atoms with van der Waals surface area (Å²) in [5.74, 6) is 0.758. The van der Waals surface area contributed by atoms with E-state index in [-0.39, 0.29) is 18.3 Å². The van der Waals surface area contributed by atoms with Crippen molar-refractivity contribution in [2.24, 2.45) is 0 Å². The molecule has 1 aromatic rings. The molecule has 0 amide bonds. The summed E-state index contributed by atoms with van der Waals surface area (Å²) in [6, 6.07) is 6.78. The maximum atomic E-state index is 6.06. The second kappa shape index (κ2) is 4.28. The van der Waals surface area contributed by atoms with Crippen LogP contribution in [0.4, 0.5) is 0 Å². The number of aryl methyl sites for hydroxylation is 1. The maximum absolute atomic E-state index is 6.06. The van der Waals surface area contributed by atoms with Gasteiger partial charge in [0.1, 0.15) is 5.75 Å². The van der Waals surface area contributed by atoms with Gasteiger partial charge in [-0.15, -0.1) is 0 Å². The third-order valence-corrected chi connectivity index (χ3v) is 3.91. The summed E-state index contributed by atoms with van der Waals surface area (Å²) in [4.78, 5) is 0. The van der Waals surface area contributed by atoms with Crippen LogP contribution in [-0.4, -0.2) is 25.4 Å². The van der Waals surface area contributed by atoms with Crippen LogP contribution in [0.25, 0.3) is 0 Å². The minimum Gasteiger partial charge on any atom is -0.497 e. The zero-order valence-corrected chi connectivity index (χ0v) is 12.0. The zero-order chi connectivity index (χ0) is 13.6. The minimum atomic E-state index is -0.389.